The summed E-state index contributed by atoms with van der Waals surface area (Å²) < 4.78 is 39.6. The number of amides is 1. The lowest BCUT2D eigenvalue weighted by Gasteiger charge is -2.21. The smallest absolute Gasteiger partial charge is 0.273 e. The van der Waals surface area contributed by atoms with Crippen molar-refractivity contribution in [2.24, 2.45) is 0 Å². The number of rotatable bonds is 3. The van der Waals surface area contributed by atoms with Crippen LogP contribution in [0.25, 0.3) is 10.9 Å². The Hall–Kier alpha value is -2.61. The van der Waals surface area contributed by atoms with Crippen molar-refractivity contribution in [2.75, 3.05) is 4.31 Å². The van der Waals surface area contributed by atoms with Crippen molar-refractivity contribution in [3.63, 3.8) is 0 Å². The Morgan fingerprint density at radius 3 is 2.58 bits per heavy atom. The van der Waals surface area contributed by atoms with Gasteiger partial charge in [0.2, 0.25) is 5.91 Å². The molecule has 0 aliphatic heterocycles. The van der Waals surface area contributed by atoms with E-state index in [0.29, 0.717) is 16.6 Å². The number of para-hydroxylation sites is 1. The van der Waals surface area contributed by atoms with Gasteiger partial charge >= 0.3 is 6.18 Å². The standard InChI is InChI=1S/C18H14F3N3OS/c1-11(16-14-7-2-3-8-15(14)22-10-23-16)17(25)24(26)13-6-4-5-12(9-13)18(19,20)21/h2-11,26H,1H3. The van der Waals surface area contributed by atoms with Gasteiger partial charge < -0.3 is 0 Å². The third kappa shape index (κ3) is 3.50. The van der Waals surface area contributed by atoms with Crippen LogP contribution in [-0.2, 0) is 11.0 Å². The van der Waals surface area contributed by atoms with Crippen LogP contribution in [0.1, 0.15) is 24.1 Å². The second-order valence-corrected chi connectivity index (χ2v) is 6.10. The summed E-state index contributed by atoms with van der Waals surface area (Å²) in [7, 11) is 0. The maximum Gasteiger partial charge on any atom is 0.416 e. The Labute approximate surface area is 153 Å². The van der Waals surface area contributed by atoms with E-state index in [0.717, 1.165) is 16.4 Å². The van der Waals surface area contributed by atoms with Crippen molar-refractivity contribution in [3.05, 3.63) is 66.1 Å². The maximum absolute atomic E-state index is 12.9. The highest BCUT2D eigenvalue weighted by molar-refractivity contribution is 7.82. The van der Waals surface area contributed by atoms with Crippen molar-refractivity contribution in [1.29, 1.82) is 0 Å². The van der Waals surface area contributed by atoms with E-state index in [2.05, 4.69) is 22.8 Å². The third-order valence-electron chi connectivity index (χ3n) is 3.98. The molecule has 1 unspecified atom stereocenters. The molecule has 3 aromatic rings. The number of alkyl halides is 3. The van der Waals surface area contributed by atoms with Gasteiger partial charge in [-0.25, -0.2) is 9.97 Å². The Morgan fingerprint density at radius 2 is 1.85 bits per heavy atom. The highest BCUT2D eigenvalue weighted by Gasteiger charge is 2.31. The summed E-state index contributed by atoms with van der Waals surface area (Å²) in [6, 6.07) is 11.7. The average molecular weight is 377 g/mol. The fourth-order valence-electron chi connectivity index (χ4n) is 2.61. The monoisotopic (exact) mass is 377 g/mol. The van der Waals surface area contributed by atoms with E-state index >= 15 is 0 Å². The Morgan fingerprint density at radius 1 is 1.12 bits per heavy atom. The van der Waals surface area contributed by atoms with Gasteiger partial charge in [-0.05, 0) is 31.2 Å². The fraction of sp³-hybridized carbons (Fsp3) is 0.167. The number of carbonyl (C=O) groups is 1. The molecule has 3 rings (SSSR count). The quantitative estimate of drug-likeness (QED) is 0.677. The first-order valence-electron chi connectivity index (χ1n) is 7.69. The predicted molar refractivity (Wildman–Crippen MR) is 95.9 cm³/mol. The summed E-state index contributed by atoms with van der Waals surface area (Å²) in [4.78, 5) is 21.1. The molecule has 26 heavy (non-hydrogen) atoms. The zero-order valence-corrected chi connectivity index (χ0v) is 14.5. The van der Waals surface area contributed by atoms with Crippen LogP contribution in [0, 0.1) is 0 Å². The van der Waals surface area contributed by atoms with Crippen molar-refractivity contribution >= 4 is 35.3 Å². The van der Waals surface area contributed by atoms with Crippen molar-refractivity contribution < 1.29 is 18.0 Å². The number of fused-ring (bicyclic) bond motifs is 1. The topological polar surface area (TPSA) is 46.1 Å². The van der Waals surface area contributed by atoms with E-state index in [1.165, 1.54) is 18.5 Å². The zero-order chi connectivity index (χ0) is 18.9. The van der Waals surface area contributed by atoms with Crippen LogP contribution in [0.3, 0.4) is 0 Å². The molecule has 0 N–H and O–H groups in total. The van der Waals surface area contributed by atoms with Gasteiger partial charge in [0.05, 0.1) is 28.4 Å². The first-order valence-corrected chi connectivity index (χ1v) is 8.09. The molecule has 0 bridgehead atoms. The van der Waals surface area contributed by atoms with Crippen LogP contribution in [-0.4, -0.2) is 15.9 Å². The summed E-state index contributed by atoms with van der Waals surface area (Å²) in [5.74, 6) is -1.20. The summed E-state index contributed by atoms with van der Waals surface area (Å²) in [5.41, 5.74) is 0.369. The van der Waals surface area contributed by atoms with Crippen LogP contribution in [0.5, 0.6) is 0 Å². The Kier molecular flexibility index (Phi) is 4.86. The van der Waals surface area contributed by atoms with Gasteiger partial charge in [0.25, 0.3) is 0 Å². The maximum atomic E-state index is 12.9. The second-order valence-electron chi connectivity index (χ2n) is 5.70. The molecule has 2 aromatic carbocycles. The largest absolute Gasteiger partial charge is 0.416 e. The molecule has 0 aliphatic rings. The molecular formula is C18H14F3N3OS. The number of halogens is 3. The van der Waals surface area contributed by atoms with Gasteiger partial charge in [-0.1, -0.05) is 37.1 Å². The highest BCUT2D eigenvalue weighted by Crippen LogP contribution is 2.33. The minimum Gasteiger partial charge on any atom is -0.273 e. The number of hydrogen-bond acceptors (Lipinski definition) is 4. The van der Waals surface area contributed by atoms with E-state index < -0.39 is 23.6 Å². The molecule has 0 spiro atoms. The van der Waals surface area contributed by atoms with Crippen molar-refractivity contribution in [1.82, 2.24) is 9.97 Å². The lowest BCUT2D eigenvalue weighted by molar-refractivity contribution is -0.137. The average Bonchev–Trinajstić information content (AvgIpc) is 2.65. The zero-order valence-electron chi connectivity index (χ0n) is 13.6. The molecule has 1 aromatic heterocycles. The molecule has 134 valence electrons. The molecule has 0 saturated heterocycles. The predicted octanol–water partition coefficient (Wildman–Crippen LogP) is 4.63. The summed E-state index contributed by atoms with van der Waals surface area (Å²) >= 11 is 4.11. The Balaban J connectivity index is 1.93. The molecule has 0 radical (unpaired) electrons. The molecule has 0 saturated carbocycles. The molecule has 1 heterocycles. The third-order valence-corrected chi connectivity index (χ3v) is 4.41. The first-order chi connectivity index (χ1) is 12.3. The minimum atomic E-state index is -4.50. The Bertz CT molecular complexity index is 956. The number of aromatic nitrogens is 2. The SMILES string of the molecule is CC(C(=O)N(S)c1cccc(C(F)(F)F)c1)c1ncnc2ccccc12. The van der Waals surface area contributed by atoms with Gasteiger partial charge in [0.15, 0.2) is 0 Å². The van der Waals surface area contributed by atoms with Crippen LogP contribution in [0.15, 0.2) is 54.9 Å². The molecular weight excluding hydrogens is 363 g/mol. The van der Waals surface area contributed by atoms with Gasteiger partial charge in [-0.3, -0.25) is 9.10 Å². The van der Waals surface area contributed by atoms with Gasteiger partial charge in [0, 0.05) is 5.39 Å². The van der Waals surface area contributed by atoms with Gasteiger partial charge in [-0.15, -0.1) is 0 Å². The van der Waals surface area contributed by atoms with Gasteiger partial charge in [-0.2, -0.15) is 13.2 Å². The number of carbonyl (C=O) groups excluding carboxylic acids is 1. The number of anilines is 1. The normalized spacial score (nSPS) is 12.8. The molecule has 1 amide bonds. The van der Waals surface area contributed by atoms with Crippen molar-refractivity contribution in [3.8, 4) is 0 Å². The minimum absolute atomic E-state index is 0.0402. The van der Waals surface area contributed by atoms with E-state index in [1.54, 1.807) is 25.1 Å². The van der Waals surface area contributed by atoms with Crippen LogP contribution in [0.4, 0.5) is 18.9 Å². The van der Waals surface area contributed by atoms with Gasteiger partial charge in [0.1, 0.15) is 6.33 Å². The van der Waals surface area contributed by atoms with E-state index in [1.807, 2.05) is 6.07 Å². The highest BCUT2D eigenvalue weighted by atomic mass is 32.1. The summed E-state index contributed by atoms with van der Waals surface area (Å²) in [5, 5.41) is 0.710. The lowest BCUT2D eigenvalue weighted by atomic mass is 10.0. The number of benzene rings is 2. The lowest BCUT2D eigenvalue weighted by Crippen LogP contribution is -2.27. The van der Waals surface area contributed by atoms with E-state index in [-0.39, 0.29) is 5.69 Å². The fourth-order valence-corrected chi connectivity index (χ4v) is 2.91. The molecule has 0 aliphatic carbocycles. The number of thiol groups is 1. The van der Waals surface area contributed by atoms with Crippen LogP contribution < -0.4 is 4.31 Å². The summed E-state index contributed by atoms with van der Waals surface area (Å²) in [6.45, 7) is 1.63. The first kappa shape index (κ1) is 18.2. The molecule has 0 fully saturated rings. The van der Waals surface area contributed by atoms with E-state index in [9.17, 15) is 18.0 Å². The summed E-state index contributed by atoms with van der Waals surface area (Å²) in [6.07, 6.45) is -3.14. The molecule has 1 atom stereocenters. The number of hydrogen-bond donors (Lipinski definition) is 1. The van der Waals surface area contributed by atoms with Crippen LogP contribution >= 0.6 is 12.8 Å². The molecule has 4 nitrogen and oxygen atoms in total. The second kappa shape index (κ2) is 6.95. The van der Waals surface area contributed by atoms with E-state index in [4.69, 9.17) is 0 Å². The molecule has 8 heteroatoms. The number of nitrogens with zero attached hydrogens (tertiary/aromatic N) is 3. The van der Waals surface area contributed by atoms with Crippen molar-refractivity contribution in [2.45, 2.75) is 19.0 Å². The van der Waals surface area contributed by atoms with Crippen LogP contribution in [0.2, 0.25) is 0 Å².